The van der Waals surface area contributed by atoms with Gasteiger partial charge in [0.15, 0.2) is 5.82 Å². The van der Waals surface area contributed by atoms with Crippen molar-refractivity contribution in [3.05, 3.63) is 11.7 Å². The van der Waals surface area contributed by atoms with E-state index in [0.717, 1.165) is 50.7 Å². The quantitative estimate of drug-likeness (QED) is 0.864. The van der Waals surface area contributed by atoms with Crippen LogP contribution in [0.15, 0.2) is 4.52 Å². The molecule has 2 atom stereocenters. The molecule has 2 saturated heterocycles. The van der Waals surface area contributed by atoms with E-state index in [1.165, 1.54) is 6.42 Å². The van der Waals surface area contributed by atoms with Crippen molar-refractivity contribution in [2.45, 2.75) is 44.1 Å². The maximum atomic E-state index is 5.48. The number of hydrogen-bond donors (Lipinski definition) is 1. The maximum Gasteiger partial charge on any atom is 0.246 e. The highest BCUT2D eigenvalue weighted by molar-refractivity contribution is 5.08. The van der Waals surface area contributed by atoms with Gasteiger partial charge in [0, 0.05) is 12.5 Å². The lowest BCUT2D eigenvalue weighted by molar-refractivity contribution is 0.192. The van der Waals surface area contributed by atoms with Crippen LogP contribution in [-0.4, -0.2) is 29.9 Å². The van der Waals surface area contributed by atoms with Crippen molar-refractivity contribution in [1.82, 2.24) is 15.5 Å². The third-order valence-corrected chi connectivity index (χ3v) is 3.99. The fourth-order valence-electron chi connectivity index (χ4n) is 2.77. The third-order valence-electron chi connectivity index (χ3n) is 3.99. The molecule has 1 aromatic rings. The Morgan fingerprint density at radius 1 is 1.53 bits per heavy atom. The van der Waals surface area contributed by atoms with E-state index in [4.69, 9.17) is 9.26 Å². The second-order valence-electron chi connectivity index (χ2n) is 4.98. The normalized spacial score (nSPS) is 33.4. The van der Waals surface area contributed by atoms with E-state index < -0.39 is 0 Å². The van der Waals surface area contributed by atoms with E-state index in [0.29, 0.717) is 5.92 Å². The minimum Gasteiger partial charge on any atom is -0.381 e. The van der Waals surface area contributed by atoms with Gasteiger partial charge in [-0.2, -0.15) is 4.98 Å². The average Bonchev–Trinajstić information content (AvgIpc) is 3.10. The second kappa shape index (κ2) is 4.38. The van der Waals surface area contributed by atoms with Gasteiger partial charge >= 0.3 is 0 Å². The van der Waals surface area contributed by atoms with E-state index in [-0.39, 0.29) is 5.54 Å². The molecule has 1 N–H and O–H groups in total. The van der Waals surface area contributed by atoms with E-state index in [1.54, 1.807) is 0 Å². The predicted octanol–water partition coefficient (Wildman–Crippen LogP) is 1.56. The van der Waals surface area contributed by atoms with Crippen LogP contribution in [0.3, 0.4) is 0 Å². The molecule has 5 nitrogen and oxygen atoms in total. The molecule has 94 valence electrons. The molecule has 0 radical (unpaired) electrons. The van der Waals surface area contributed by atoms with Gasteiger partial charge in [0.2, 0.25) is 5.89 Å². The smallest absolute Gasteiger partial charge is 0.246 e. The zero-order chi connectivity index (χ0) is 11.7. The van der Waals surface area contributed by atoms with E-state index >= 15 is 0 Å². The summed E-state index contributed by atoms with van der Waals surface area (Å²) in [4.78, 5) is 4.60. The van der Waals surface area contributed by atoms with Gasteiger partial charge in [-0.1, -0.05) is 12.1 Å². The first-order valence-corrected chi connectivity index (χ1v) is 6.51. The largest absolute Gasteiger partial charge is 0.381 e. The highest BCUT2D eigenvalue weighted by atomic mass is 16.5. The summed E-state index contributed by atoms with van der Waals surface area (Å²) >= 11 is 0. The van der Waals surface area contributed by atoms with Gasteiger partial charge in [0.1, 0.15) is 0 Å². The molecule has 3 heterocycles. The molecule has 0 spiro atoms. The lowest BCUT2D eigenvalue weighted by atomic mass is 9.94. The molecule has 0 bridgehead atoms. The highest BCUT2D eigenvalue weighted by Gasteiger charge is 2.39. The summed E-state index contributed by atoms with van der Waals surface area (Å²) in [5, 5.41) is 7.64. The number of hydrogen-bond acceptors (Lipinski definition) is 5. The Labute approximate surface area is 101 Å². The molecular formula is C12H19N3O2. The summed E-state index contributed by atoms with van der Waals surface area (Å²) in [5.74, 6) is 1.90. The van der Waals surface area contributed by atoms with Crippen LogP contribution in [0.5, 0.6) is 0 Å². The molecule has 2 aliphatic rings. The van der Waals surface area contributed by atoms with Crippen molar-refractivity contribution in [3.8, 4) is 0 Å². The molecular weight excluding hydrogens is 218 g/mol. The molecule has 2 unspecified atom stereocenters. The molecule has 3 rings (SSSR count). The van der Waals surface area contributed by atoms with E-state index in [1.807, 2.05) is 0 Å². The zero-order valence-corrected chi connectivity index (χ0v) is 10.2. The van der Waals surface area contributed by atoms with E-state index in [9.17, 15) is 0 Å². The van der Waals surface area contributed by atoms with Crippen molar-refractivity contribution in [3.63, 3.8) is 0 Å². The Bertz CT molecular complexity index is 379. The first-order chi connectivity index (χ1) is 8.34. The minimum atomic E-state index is -0.0787. The van der Waals surface area contributed by atoms with Gasteiger partial charge in [-0.3, -0.25) is 0 Å². The average molecular weight is 237 g/mol. The lowest BCUT2D eigenvalue weighted by Gasteiger charge is -2.22. The Morgan fingerprint density at radius 3 is 3.12 bits per heavy atom. The summed E-state index contributed by atoms with van der Waals surface area (Å²) in [6.45, 7) is 4.75. The van der Waals surface area contributed by atoms with Gasteiger partial charge in [-0.25, -0.2) is 0 Å². The van der Waals surface area contributed by atoms with Gasteiger partial charge < -0.3 is 14.6 Å². The van der Waals surface area contributed by atoms with Crippen molar-refractivity contribution in [1.29, 1.82) is 0 Å². The number of nitrogens with one attached hydrogen (secondary N) is 1. The Hall–Kier alpha value is -0.940. The first kappa shape index (κ1) is 11.2. The van der Waals surface area contributed by atoms with Crippen molar-refractivity contribution in [2.75, 3.05) is 19.8 Å². The van der Waals surface area contributed by atoms with Crippen LogP contribution >= 0.6 is 0 Å². The first-order valence-electron chi connectivity index (χ1n) is 6.51. The molecule has 0 aromatic carbocycles. The van der Waals surface area contributed by atoms with Crippen LogP contribution in [-0.2, 0) is 10.3 Å². The van der Waals surface area contributed by atoms with Crippen LogP contribution in [0.2, 0.25) is 0 Å². The van der Waals surface area contributed by atoms with Crippen LogP contribution in [0.4, 0.5) is 0 Å². The highest BCUT2D eigenvalue weighted by Crippen LogP contribution is 2.34. The van der Waals surface area contributed by atoms with Crippen LogP contribution in [0.25, 0.3) is 0 Å². The summed E-state index contributed by atoms with van der Waals surface area (Å²) in [5.41, 5.74) is -0.0787. The summed E-state index contributed by atoms with van der Waals surface area (Å²) in [7, 11) is 0. The minimum absolute atomic E-state index is 0.0787. The molecule has 0 amide bonds. The standard InChI is InChI=1S/C12H19N3O2/c1-2-12(5-3-6-13-12)11-14-10(15-17-11)9-4-7-16-8-9/h9,13H,2-8H2,1H3. The molecule has 17 heavy (non-hydrogen) atoms. The molecule has 2 aliphatic heterocycles. The Morgan fingerprint density at radius 2 is 2.47 bits per heavy atom. The van der Waals surface area contributed by atoms with Gasteiger partial charge in [0.25, 0.3) is 0 Å². The molecule has 0 saturated carbocycles. The molecule has 1 aromatic heterocycles. The fraction of sp³-hybridized carbons (Fsp3) is 0.833. The van der Waals surface area contributed by atoms with Gasteiger partial charge in [0.05, 0.1) is 12.1 Å². The van der Waals surface area contributed by atoms with Crippen molar-refractivity contribution in [2.24, 2.45) is 0 Å². The number of ether oxygens (including phenoxy) is 1. The monoisotopic (exact) mass is 237 g/mol. The SMILES string of the molecule is CCC1(c2nc(C3CCOC3)no2)CCCN1. The van der Waals surface area contributed by atoms with Gasteiger partial charge in [-0.05, 0) is 32.2 Å². The lowest BCUT2D eigenvalue weighted by Crippen LogP contribution is -2.36. The topological polar surface area (TPSA) is 60.2 Å². The van der Waals surface area contributed by atoms with Crippen LogP contribution < -0.4 is 5.32 Å². The van der Waals surface area contributed by atoms with Crippen molar-refractivity contribution < 1.29 is 9.26 Å². The summed E-state index contributed by atoms with van der Waals surface area (Å²) in [6, 6.07) is 0. The van der Waals surface area contributed by atoms with E-state index in [2.05, 4.69) is 22.4 Å². The zero-order valence-electron chi connectivity index (χ0n) is 10.2. The van der Waals surface area contributed by atoms with Crippen LogP contribution in [0.1, 0.15) is 50.2 Å². The summed E-state index contributed by atoms with van der Waals surface area (Å²) < 4.78 is 10.8. The second-order valence-corrected chi connectivity index (χ2v) is 4.98. The fourth-order valence-corrected chi connectivity index (χ4v) is 2.77. The Balaban J connectivity index is 1.83. The van der Waals surface area contributed by atoms with Gasteiger partial charge in [-0.15, -0.1) is 0 Å². The maximum absolute atomic E-state index is 5.48. The summed E-state index contributed by atoms with van der Waals surface area (Å²) in [6.07, 6.45) is 4.27. The third kappa shape index (κ3) is 1.87. The Kier molecular flexibility index (Phi) is 2.88. The van der Waals surface area contributed by atoms with Crippen molar-refractivity contribution >= 4 is 0 Å². The number of nitrogens with zero attached hydrogens (tertiary/aromatic N) is 2. The molecule has 5 heteroatoms. The molecule has 2 fully saturated rings. The number of rotatable bonds is 3. The predicted molar refractivity (Wildman–Crippen MR) is 61.7 cm³/mol. The number of aromatic nitrogens is 2. The van der Waals surface area contributed by atoms with Crippen LogP contribution in [0, 0.1) is 0 Å². The molecule has 0 aliphatic carbocycles.